The number of benzene rings is 1. The smallest absolute Gasteiger partial charge is 0.314 e. The number of hydrogen-bond donors (Lipinski definition) is 3. The fourth-order valence-electron chi connectivity index (χ4n) is 3.85. The Morgan fingerprint density at radius 2 is 1.68 bits per heavy atom. The highest BCUT2D eigenvalue weighted by Gasteiger charge is 2.35. The van der Waals surface area contributed by atoms with Crippen molar-refractivity contribution in [2.45, 2.75) is 52.5 Å². The number of fused-ring (bicyclic) bond motifs is 1. The van der Waals surface area contributed by atoms with Gasteiger partial charge in [-0.2, -0.15) is 0 Å². The van der Waals surface area contributed by atoms with Gasteiger partial charge in [0.1, 0.15) is 0 Å². The van der Waals surface area contributed by atoms with Gasteiger partial charge in [0.15, 0.2) is 0 Å². The van der Waals surface area contributed by atoms with Crippen LogP contribution in [0.4, 0.5) is 0 Å². The number of aromatic nitrogens is 2. The summed E-state index contributed by atoms with van der Waals surface area (Å²) in [4.78, 5) is 40.6. The molecule has 134 valence electrons. The Bertz CT molecular complexity index is 904. The molecule has 3 rings (SSSR count). The van der Waals surface area contributed by atoms with E-state index in [4.69, 9.17) is 0 Å². The molecule has 1 aliphatic rings. The Kier molecular flexibility index (Phi) is 4.54. The molecule has 3 N–H and O–H groups in total. The van der Waals surface area contributed by atoms with Crippen molar-refractivity contribution in [1.82, 2.24) is 15.3 Å². The first kappa shape index (κ1) is 17.5. The monoisotopic (exact) mass is 343 g/mol. The van der Waals surface area contributed by atoms with E-state index in [-0.39, 0.29) is 17.4 Å². The number of nitrogens with one attached hydrogen (secondary N) is 3. The van der Waals surface area contributed by atoms with Crippen LogP contribution in [-0.4, -0.2) is 21.9 Å². The van der Waals surface area contributed by atoms with Gasteiger partial charge in [0.25, 0.3) is 5.91 Å². The molecule has 1 saturated carbocycles. The minimum atomic E-state index is -0.717. The summed E-state index contributed by atoms with van der Waals surface area (Å²) in [5, 5.41) is 3.18. The maximum Gasteiger partial charge on any atom is 0.314 e. The van der Waals surface area contributed by atoms with E-state index in [0.29, 0.717) is 22.5 Å². The molecule has 1 heterocycles. The summed E-state index contributed by atoms with van der Waals surface area (Å²) < 4.78 is 0. The molecule has 25 heavy (non-hydrogen) atoms. The molecule has 0 spiro atoms. The topological polar surface area (TPSA) is 94.8 Å². The van der Waals surface area contributed by atoms with Crippen LogP contribution in [0.2, 0.25) is 0 Å². The number of carbonyl (C=O) groups is 1. The van der Waals surface area contributed by atoms with Crippen molar-refractivity contribution in [3.8, 4) is 0 Å². The van der Waals surface area contributed by atoms with Gasteiger partial charge >= 0.3 is 11.1 Å². The van der Waals surface area contributed by atoms with Gasteiger partial charge in [-0.15, -0.1) is 0 Å². The lowest BCUT2D eigenvalue weighted by atomic mass is 9.69. The largest absolute Gasteiger partial charge is 0.349 e. The molecule has 0 radical (unpaired) electrons. The van der Waals surface area contributed by atoms with Gasteiger partial charge in [0.05, 0.1) is 11.0 Å². The molecule has 6 nitrogen and oxygen atoms in total. The molecule has 1 fully saturated rings. The van der Waals surface area contributed by atoms with E-state index in [1.165, 1.54) is 6.42 Å². The minimum Gasteiger partial charge on any atom is -0.349 e. The van der Waals surface area contributed by atoms with Gasteiger partial charge in [0.2, 0.25) is 0 Å². The number of aromatic amines is 2. The third-order valence-corrected chi connectivity index (χ3v) is 5.18. The molecule has 6 heteroatoms. The summed E-state index contributed by atoms with van der Waals surface area (Å²) in [7, 11) is 0. The van der Waals surface area contributed by atoms with Crippen LogP contribution in [0.3, 0.4) is 0 Å². The first-order chi connectivity index (χ1) is 11.8. The van der Waals surface area contributed by atoms with E-state index >= 15 is 0 Å². The first-order valence-corrected chi connectivity index (χ1v) is 8.83. The summed E-state index contributed by atoms with van der Waals surface area (Å²) >= 11 is 0. The van der Waals surface area contributed by atoms with Crippen molar-refractivity contribution in [1.29, 1.82) is 0 Å². The molecule has 2 atom stereocenters. The van der Waals surface area contributed by atoms with Crippen LogP contribution in [0.1, 0.15) is 56.8 Å². The molecular weight excluding hydrogens is 318 g/mol. The zero-order valence-electron chi connectivity index (χ0n) is 14.9. The molecule has 0 saturated heterocycles. The fourth-order valence-corrected chi connectivity index (χ4v) is 3.85. The van der Waals surface area contributed by atoms with E-state index in [9.17, 15) is 14.4 Å². The lowest BCUT2D eigenvalue weighted by Gasteiger charge is -2.40. The number of carbonyl (C=O) groups excluding carboxylic acids is 1. The molecule has 1 amide bonds. The van der Waals surface area contributed by atoms with Crippen LogP contribution >= 0.6 is 0 Å². The van der Waals surface area contributed by atoms with Gasteiger partial charge in [-0.3, -0.25) is 14.4 Å². The fraction of sp³-hybridized carbons (Fsp3) is 0.526. The summed E-state index contributed by atoms with van der Waals surface area (Å²) in [5.41, 5.74) is 0.171. The van der Waals surface area contributed by atoms with Gasteiger partial charge in [-0.25, -0.2) is 0 Å². The second-order valence-electron chi connectivity index (χ2n) is 8.01. The Morgan fingerprint density at radius 1 is 1.04 bits per heavy atom. The second kappa shape index (κ2) is 6.50. The van der Waals surface area contributed by atoms with Crippen LogP contribution in [0.5, 0.6) is 0 Å². The van der Waals surface area contributed by atoms with Crippen LogP contribution in [0, 0.1) is 11.3 Å². The molecule has 0 aliphatic heterocycles. The van der Waals surface area contributed by atoms with E-state index in [0.717, 1.165) is 19.3 Å². The Labute approximate surface area is 146 Å². The lowest BCUT2D eigenvalue weighted by Crippen LogP contribution is -2.46. The highest BCUT2D eigenvalue weighted by Crippen LogP contribution is 2.38. The van der Waals surface area contributed by atoms with Crippen molar-refractivity contribution in [2.24, 2.45) is 11.3 Å². The SMILES string of the molecule is CC(C)(C)[C@H]1CCCC[C@H]1NC(=O)c1ccc2[nH]c(=O)c(=O)[nH]c2c1. The first-order valence-electron chi connectivity index (χ1n) is 8.83. The van der Waals surface area contributed by atoms with E-state index < -0.39 is 11.1 Å². The number of hydrogen-bond acceptors (Lipinski definition) is 3. The van der Waals surface area contributed by atoms with Crippen molar-refractivity contribution < 1.29 is 4.79 Å². The predicted molar refractivity (Wildman–Crippen MR) is 97.9 cm³/mol. The zero-order chi connectivity index (χ0) is 18.2. The normalized spacial score (nSPS) is 21.2. The zero-order valence-corrected chi connectivity index (χ0v) is 14.9. The summed E-state index contributed by atoms with van der Waals surface area (Å²) in [5.74, 6) is 0.303. The van der Waals surface area contributed by atoms with Crippen LogP contribution in [0.15, 0.2) is 27.8 Å². The van der Waals surface area contributed by atoms with E-state index in [1.54, 1.807) is 18.2 Å². The molecule has 1 aromatic heterocycles. The van der Waals surface area contributed by atoms with Gasteiger partial charge in [0, 0.05) is 11.6 Å². The Hall–Kier alpha value is -2.37. The molecule has 1 aliphatic carbocycles. The van der Waals surface area contributed by atoms with Crippen molar-refractivity contribution in [3.05, 3.63) is 44.5 Å². The average Bonchev–Trinajstić information content (AvgIpc) is 2.55. The standard InChI is InChI=1S/C19H25N3O3/c1-19(2,3)12-6-4-5-7-13(12)20-16(23)11-8-9-14-15(10-11)22-18(25)17(24)21-14/h8-10,12-13H,4-7H2,1-3H3,(H,20,23)(H,21,24)(H,22,25)/t12-,13+/m0/s1. The van der Waals surface area contributed by atoms with Crippen molar-refractivity contribution in [3.63, 3.8) is 0 Å². The van der Waals surface area contributed by atoms with Crippen LogP contribution in [0.25, 0.3) is 11.0 Å². The number of amides is 1. The third kappa shape index (κ3) is 3.67. The number of H-pyrrole nitrogens is 2. The summed E-state index contributed by atoms with van der Waals surface area (Å²) in [6.45, 7) is 6.66. The molecular formula is C19H25N3O3. The van der Waals surface area contributed by atoms with Crippen molar-refractivity contribution >= 4 is 16.9 Å². The third-order valence-electron chi connectivity index (χ3n) is 5.18. The summed E-state index contributed by atoms with van der Waals surface area (Å²) in [6.07, 6.45) is 4.45. The highest BCUT2D eigenvalue weighted by molar-refractivity contribution is 5.97. The van der Waals surface area contributed by atoms with Gasteiger partial charge in [-0.1, -0.05) is 33.6 Å². The van der Waals surface area contributed by atoms with Gasteiger partial charge < -0.3 is 15.3 Å². The van der Waals surface area contributed by atoms with Crippen LogP contribution in [-0.2, 0) is 0 Å². The Morgan fingerprint density at radius 3 is 2.36 bits per heavy atom. The highest BCUT2D eigenvalue weighted by atomic mass is 16.2. The lowest BCUT2D eigenvalue weighted by molar-refractivity contribution is 0.0830. The maximum atomic E-state index is 12.7. The molecule has 2 aromatic rings. The predicted octanol–water partition coefficient (Wildman–Crippen LogP) is 2.55. The maximum absolute atomic E-state index is 12.7. The molecule has 1 aromatic carbocycles. The summed E-state index contributed by atoms with van der Waals surface area (Å²) in [6, 6.07) is 5.08. The quantitative estimate of drug-likeness (QED) is 0.731. The van der Waals surface area contributed by atoms with Gasteiger partial charge in [-0.05, 0) is 42.4 Å². The Balaban J connectivity index is 1.85. The number of rotatable bonds is 2. The minimum absolute atomic E-state index is 0.143. The average molecular weight is 343 g/mol. The van der Waals surface area contributed by atoms with Crippen molar-refractivity contribution in [2.75, 3.05) is 0 Å². The van der Waals surface area contributed by atoms with E-state index in [1.807, 2.05) is 0 Å². The second-order valence-corrected chi connectivity index (χ2v) is 8.01. The molecule has 0 bridgehead atoms. The van der Waals surface area contributed by atoms with E-state index in [2.05, 4.69) is 36.1 Å². The van der Waals surface area contributed by atoms with Crippen LogP contribution < -0.4 is 16.4 Å². The molecule has 0 unspecified atom stereocenters.